The van der Waals surface area contributed by atoms with Gasteiger partial charge in [-0.05, 0) is 70.8 Å². The molecule has 4 aromatic rings. The summed E-state index contributed by atoms with van der Waals surface area (Å²) in [6, 6.07) is 12.4. The molecule has 0 spiro atoms. The lowest BCUT2D eigenvalue weighted by atomic mass is 9.83. The third-order valence-corrected chi connectivity index (χ3v) is 8.02. The van der Waals surface area contributed by atoms with Gasteiger partial charge in [0.05, 0.1) is 35.5 Å². The number of pyridine rings is 1. The van der Waals surface area contributed by atoms with Crippen molar-refractivity contribution >= 4 is 27.8 Å². The predicted molar refractivity (Wildman–Crippen MR) is 149 cm³/mol. The Morgan fingerprint density at radius 3 is 2.45 bits per heavy atom. The van der Waals surface area contributed by atoms with Crippen molar-refractivity contribution in [2.24, 2.45) is 5.92 Å². The number of rotatable bonds is 6. The Bertz CT molecular complexity index is 1430. The van der Waals surface area contributed by atoms with Crippen LogP contribution in [0.1, 0.15) is 39.3 Å². The lowest BCUT2D eigenvalue weighted by Gasteiger charge is -2.37. The monoisotopic (exact) mass is 515 g/mol. The van der Waals surface area contributed by atoms with E-state index < -0.39 is 5.60 Å². The first-order chi connectivity index (χ1) is 18.4. The summed E-state index contributed by atoms with van der Waals surface area (Å²) in [5.74, 6) is 1.89. The van der Waals surface area contributed by atoms with Crippen LogP contribution in [0.5, 0.6) is 0 Å². The molecule has 0 saturated carbocycles. The normalized spacial score (nSPS) is 18.1. The first-order valence-corrected chi connectivity index (χ1v) is 13.8. The molecule has 5 heterocycles. The number of piperidine rings is 1. The molecule has 0 radical (unpaired) electrons. The van der Waals surface area contributed by atoms with Gasteiger partial charge in [-0.15, -0.1) is 0 Å². The number of anilines is 1. The number of aliphatic hydroxyl groups is 1. The van der Waals surface area contributed by atoms with Crippen molar-refractivity contribution in [1.82, 2.24) is 29.6 Å². The summed E-state index contributed by atoms with van der Waals surface area (Å²) < 4.78 is 7.64. The van der Waals surface area contributed by atoms with E-state index in [1.165, 1.54) is 0 Å². The van der Waals surface area contributed by atoms with Crippen molar-refractivity contribution in [1.29, 1.82) is 0 Å². The zero-order chi connectivity index (χ0) is 26.3. The summed E-state index contributed by atoms with van der Waals surface area (Å²) >= 11 is 0. The summed E-state index contributed by atoms with van der Waals surface area (Å²) in [4.78, 5) is 20.0. The molecule has 0 unspecified atom stereocenters. The Morgan fingerprint density at radius 2 is 1.71 bits per heavy atom. The fraction of sp³-hybridized carbons (Fsp3) is 0.517. The number of ether oxygens (including phenoxy) is 1. The van der Waals surface area contributed by atoms with Crippen molar-refractivity contribution < 1.29 is 9.84 Å². The van der Waals surface area contributed by atoms with Gasteiger partial charge in [-0.3, -0.25) is 9.58 Å². The Hall–Kier alpha value is -3.14. The van der Waals surface area contributed by atoms with Gasteiger partial charge in [-0.1, -0.05) is 18.2 Å². The first-order valence-electron chi connectivity index (χ1n) is 13.8. The maximum absolute atomic E-state index is 10.4. The number of benzene rings is 1. The molecule has 200 valence electrons. The van der Waals surface area contributed by atoms with E-state index in [1.54, 1.807) is 0 Å². The van der Waals surface area contributed by atoms with E-state index >= 15 is 0 Å². The average molecular weight is 516 g/mol. The maximum atomic E-state index is 10.4. The molecule has 1 aromatic carbocycles. The molecular weight excluding hydrogens is 478 g/mol. The van der Waals surface area contributed by atoms with Crippen LogP contribution in [0, 0.1) is 5.92 Å². The number of hydrogen-bond acceptors (Lipinski definition) is 8. The molecule has 9 heteroatoms. The fourth-order valence-electron chi connectivity index (χ4n) is 5.80. The number of likely N-dealkylation sites (tertiary alicyclic amines) is 1. The van der Waals surface area contributed by atoms with Gasteiger partial charge < -0.3 is 14.7 Å². The summed E-state index contributed by atoms with van der Waals surface area (Å²) in [6.45, 7) is 12.3. The molecule has 1 N–H and O–H groups in total. The number of morpholine rings is 1. The largest absolute Gasteiger partial charge is 0.390 e. The van der Waals surface area contributed by atoms with Gasteiger partial charge in [0.2, 0.25) is 0 Å². The van der Waals surface area contributed by atoms with E-state index in [1.807, 2.05) is 36.7 Å². The van der Waals surface area contributed by atoms with E-state index in [4.69, 9.17) is 24.8 Å². The minimum atomic E-state index is -0.617. The van der Waals surface area contributed by atoms with Gasteiger partial charge in [-0.25, -0.2) is 15.0 Å². The van der Waals surface area contributed by atoms with Crippen LogP contribution in [0.3, 0.4) is 0 Å². The molecule has 0 amide bonds. The van der Waals surface area contributed by atoms with Gasteiger partial charge in [-0.2, -0.15) is 5.10 Å². The van der Waals surface area contributed by atoms with Crippen molar-refractivity contribution in [3.8, 4) is 11.5 Å². The highest BCUT2D eigenvalue weighted by Gasteiger charge is 2.30. The topological polar surface area (TPSA) is 92.4 Å². The van der Waals surface area contributed by atoms with E-state index in [9.17, 15) is 5.11 Å². The Kier molecular flexibility index (Phi) is 6.75. The Labute approximate surface area is 223 Å². The predicted octanol–water partition coefficient (Wildman–Crippen LogP) is 3.88. The second-order valence-corrected chi connectivity index (χ2v) is 11.0. The lowest BCUT2D eigenvalue weighted by Crippen LogP contribution is -2.41. The van der Waals surface area contributed by atoms with E-state index in [0.717, 1.165) is 91.3 Å². The SMILES string of the molecule is CCn1nc2ccccc2c1-c1nc(N2CCOCC2)c2nc(CN3CCC(C(C)(C)O)CC3)ccc2n1. The van der Waals surface area contributed by atoms with Crippen molar-refractivity contribution in [2.45, 2.75) is 52.3 Å². The van der Waals surface area contributed by atoms with Crippen LogP contribution in [-0.2, 0) is 17.8 Å². The number of nitrogens with zero attached hydrogens (tertiary/aromatic N) is 7. The molecule has 2 aliphatic heterocycles. The second-order valence-electron chi connectivity index (χ2n) is 11.0. The maximum Gasteiger partial charge on any atom is 0.181 e. The van der Waals surface area contributed by atoms with Crippen LogP contribution in [0.25, 0.3) is 33.5 Å². The van der Waals surface area contributed by atoms with Crippen molar-refractivity contribution in [3.63, 3.8) is 0 Å². The third kappa shape index (κ3) is 4.86. The molecule has 6 rings (SSSR count). The van der Waals surface area contributed by atoms with Crippen molar-refractivity contribution in [2.75, 3.05) is 44.3 Å². The summed E-state index contributed by atoms with van der Waals surface area (Å²) in [5, 5.41) is 16.3. The van der Waals surface area contributed by atoms with Crippen LogP contribution >= 0.6 is 0 Å². The zero-order valence-electron chi connectivity index (χ0n) is 22.6. The molecule has 0 bridgehead atoms. The van der Waals surface area contributed by atoms with Crippen LogP contribution < -0.4 is 4.90 Å². The molecule has 9 nitrogen and oxygen atoms in total. The number of hydrogen-bond donors (Lipinski definition) is 1. The third-order valence-electron chi connectivity index (χ3n) is 8.02. The molecular formula is C29H37N7O2. The van der Waals surface area contributed by atoms with Crippen LogP contribution in [-0.4, -0.2) is 79.7 Å². The highest BCUT2D eigenvalue weighted by atomic mass is 16.5. The van der Waals surface area contributed by atoms with Crippen molar-refractivity contribution in [3.05, 3.63) is 42.1 Å². The fourth-order valence-corrected chi connectivity index (χ4v) is 5.80. The summed E-state index contributed by atoms with van der Waals surface area (Å²) in [6.07, 6.45) is 2.00. The number of aromatic nitrogens is 5. The smallest absolute Gasteiger partial charge is 0.181 e. The standard InChI is InChI=1S/C29H37N7O2/c1-4-36-26(22-7-5-6-8-23(22)33-36)27-31-24-10-9-21(19-34-13-11-20(12-14-34)29(2,3)37)30-25(24)28(32-27)35-15-17-38-18-16-35/h5-10,20,37H,4,11-19H2,1-3H3. The average Bonchev–Trinajstić information content (AvgIpc) is 3.31. The molecule has 2 saturated heterocycles. The molecule has 2 aliphatic rings. The highest BCUT2D eigenvalue weighted by Crippen LogP contribution is 2.32. The number of fused-ring (bicyclic) bond motifs is 2. The van der Waals surface area contributed by atoms with Crippen LogP contribution in [0.2, 0.25) is 0 Å². The van der Waals surface area contributed by atoms with Crippen LogP contribution in [0.15, 0.2) is 36.4 Å². The van der Waals surface area contributed by atoms with E-state index in [0.29, 0.717) is 25.0 Å². The van der Waals surface area contributed by atoms with Gasteiger partial charge in [0.1, 0.15) is 11.2 Å². The Balaban J connectivity index is 1.38. The molecule has 0 aliphatic carbocycles. The quantitative estimate of drug-likeness (QED) is 0.414. The minimum absolute atomic E-state index is 0.343. The lowest BCUT2D eigenvalue weighted by molar-refractivity contribution is -0.0137. The first kappa shape index (κ1) is 25.2. The Morgan fingerprint density at radius 1 is 0.947 bits per heavy atom. The number of aryl methyl sites for hydroxylation is 1. The second kappa shape index (κ2) is 10.2. The van der Waals surface area contributed by atoms with Gasteiger partial charge in [0.15, 0.2) is 11.6 Å². The summed E-state index contributed by atoms with van der Waals surface area (Å²) in [5.41, 5.74) is 3.98. The highest BCUT2D eigenvalue weighted by molar-refractivity contribution is 5.94. The molecule has 38 heavy (non-hydrogen) atoms. The van der Waals surface area contributed by atoms with E-state index in [-0.39, 0.29) is 0 Å². The zero-order valence-corrected chi connectivity index (χ0v) is 22.6. The van der Waals surface area contributed by atoms with Gasteiger partial charge in [0, 0.05) is 31.6 Å². The van der Waals surface area contributed by atoms with Crippen LogP contribution in [0.4, 0.5) is 5.82 Å². The van der Waals surface area contributed by atoms with E-state index in [2.05, 4.69) is 34.9 Å². The van der Waals surface area contributed by atoms with Gasteiger partial charge in [0.25, 0.3) is 0 Å². The summed E-state index contributed by atoms with van der Waals surface area (Å²) in [7, 11) is 0. The molecule has 3 aromatic heterocycles. The molecule has 2 fully saturated rings. The van der Waals surface area contributed by atoms with Gasteiger partial charge >= 0.3 is 0 Å². The molecule has 0 atom stereocenters. The minimum Gasteiger partial charge on any atom is -0.390 e.